The van der Waals surface area contributed by atoms with E-state index in [1.165, 1.54) is 0 Å². The lowest BCUT2D eigenvalue weighted by Gasteiger charge is -2.21. The molecule has 0 spiro atoms. The van der Waals surface area contributed by atoms with Crippen molar-refractivity contribution in [3.8, 4) is 0 Å². The van der Waals surface area contributed by atoms with Crippen LogP contribution in [0.5, 0.6) is 0 Å². The molecule has 3 rings (SSSR count). The van der Waals surface area contributed by atoms with E-state index >= 15 is 0 Å². The SMILES string of the molecule is Cc1cccc(C)c1N1C[C@@H](C(=O)Nc2cccc(Cl)c2Cl)CC1=O. The van der Waals surface area contributed by atoms with Crippen molar-refractivity contribution in [3.05, 3.63) is 57.6 Å². The van der Waals surface area contributed by atoms with Crippen LogP contribution < -0.4 is 10.2 Å². The minimum Gasteiger partial charge on any atom is -0.324 e. The highest BCUT2D eigenvalue weighted by atomic mass is 35.5. The Hall–Kier alpha value is -2.04. The third-order valence-corrected chi connectivity index (χ3v) is 5.23. The summed E-state index contributed by atoms with van der Waals surface area (Å²) in [5.74, 6) is -0.706. The van der Waals surface area contributed by atoms with Crippen LogP contribution in [0.1, 0.15) is 17.5 Å². The van der Waals surface area contributed by atoms with Gasteiger partial charge in [-0.05, 0) is 37.1 Å². The molecule has 130 valence electrons. The van der Waals surface area contributed by atoms with Gasteiger partial charge in [-0.25, -0.2) is 0 Å². The Morgan fingerprint density at radius 3 is 2.44 bits per heavy atom. The molecule has 1 fully saturated rings. The largest absolute Gasteiger partial charge is 0.324 e. The number of carbonyl (C=O) groups is 2. The van der Waals surface area contributed by atoms with Crippen LogP contribution in [0.2, 0.25) is 10.0 Å². The van der Waals surface area contributed by atoms with Crippen LogP contribution in [0.15, 0.2) is 36.4 Å². The van der Waals surface area contributed by atoms with Crippen LogP contribution in [0, 0.1) is 19.8 Å². The Morgan fingerprint density at radius 2 is 1.76 bits per heavy atom. The number of amides is 2. The van der Waals surface area contributed by atoms with E-state index in [1.54, 1.807) is 23.1 Å². The maximum absolute atomic E-state index is 12.6. The molecule has 1 heterocycles. The van der Waals surface area contributed by atoms with Gasteiger partial charge in [-0.1, -0.05) is 47.5 Å². The molecule has 0 saturated carbocycles. The van der Waals surface area contributed by atoms with Crippen LogP contribution >= 0.6 is 23.2 Å². The van der Waals surface area contributed by atoms with Gasteiger partial charge in [0.1, 0.15) is 0 Å². The number of nitrogens with zero attached hydrogens (tertiary/aromatic N) is 1. The van der Waals surface area contributed by atoms with Crippen molar-refractivity contribution in [2.24, 2.45) is 5.92 Å². The average molecular weight is 377 g/mol. The van der Waals surface area contributed by atoms with Crippen molar-refractivity contribution in [3.63, 3.8) is 0 Å². The Labute approximate surface area is 156 Å². The predicted octanol–water partition coefficient (Wildman–Crippen LogP) is 4.60. The zero-order valence-corrected chi connectivity index (χ0v) is 15.5. The second kappa shape index (κ2) is 7.06. The van der Waals surface area contributed by atoms with E-state index in [-0.39, 0.29) is 18.2 Å². The molecule has 0 aliphatic carbocycles. The van der Waals surface area contributed by atoms with Crippen LogP contribution in [-0.4, -0.2) is 18.4 Å². The zero-order valence-electron chi connectivity index (χ0n) is 14.0. The number of halogens is 2. The molecule has 0 bridgehead atoms. The molecule has 1 aliphatic rings. The third kappa shape index (κ3) is 3.51. The van der Waals surface area contributed by atoms with E-state index in [9.17, 15) is 9.59 Å². The Balaban J connectivity index is 1.78. The number of hydrogen-bond donors (Lipinski definition) is 1. The maximum Gasteiger partial charge on any atom is 0.229 e. The molecule has 1 saturated heterocycles. The molecule has 1 N–H and O–H groups in total. The first-order chi connectivity index (χ1) is 11.9. The smallest absolute Gasteiger partial charge is 0.229 e. The fraction of sp³-hybridized carbons (Fsp3) is 0.263. The van der Waals surface area contributed by atoms with E-state index in [2.05, 4.69) is 5.32 Å². The molecule has 6 heteroatoms. The highest BCUT2D eigenvalue weighted by molar-refractivity contribution is 6.44. The number of nitrogens with one attached hydrogen (secondary N) is 1. The molecule has 1 atom stereocenters. The van der Waals surface area contributed by atoms with Crippen LogP contribution in [0.25, 0.3) is 0 Å². The van der Waals surface area contributed by atoms with Gasteiger partial charge in [0.2, 0.25) is 11.8 Å². The van der Waals surface area contributed by atoms with Crippen LogP contribution in [0.4, 0.5) is 11.4 Å². The monoisotopic (exact) mass is 376 g/mol. The molecular formula is C19H18Cl2N2O2. The third-order valence-electron chi connectivity index (χ3n) is 4.41. The summed E-state index contributed by atoms with van der Waals surface area (Å²) in [6, 6.07) is 10.9. The first-order valence-electron chi connectivity index (χ1n) is 8.00. The number of para-hydroxylation sites is 1. The fourth-order valence-corrected chi connectivity index (χ4v) is 3.51. The second-order valence-corrected chi connectivity index (χ2v) is 7.02. The molecule has 0 unspecified atom stereocenters. The van der Waals surface area contributed by atoms with Crippen molar-refractivity contribution in [1.29, 1.82) is 0 Å². The van der Waals surface area contributed by atoms with Crippen LogP contribution in [0.3, 0.4) is 0 Å². The van der Waals surface area contributed by atoms with E-state index < -0.39 is 5.92 Å². The van der Waals surface area contributed by atoms with Crippen molar-refractivity contribution in [2.45, 2.75) is 20.3 Å². The summed E-state index contributed by atoms with van der Waals surface area (Å²) in [6.07, 6.45) is 0.178. The summed E-state index contributed by atoms with van der Waals surface area (Å²) in [6.45, 7) is 4.29. The number of anilines is 2. The van der Waals surface area contributed by atoms with E-state index in [4.69, 9.17) is 23.2 Å². The summed E-state index contributed by atoms with van der Waals surface area (Å²) in [5, 5.41) is 3.45. The molecule has 25 heavy (non-hydrogen) atoms. The molecule has 0 aromatic heterocycles. The molecule has 0 radical (unpaired) electrons. The predicted molar refractivity (Wildman–Crippen MR) is 101 cm³/mol. The van der Waals surface area contributed by atoms with Crippen molar-refractivity contribution >= 4 is 46.4 Å². The lowest BCUT2D eigenvalue weighted by atomic mass is 10.1. The van der Waals surface area contributed by atoms with Gasteiger partial charge in [0, 0.05) is 18.7 Å². The highest BCUT2D eigenvalue weighted by Crippen LogP contribution is 2.33. The lowest BCUT2D eigenvalue weighted by molar-refractivity contribution is -0.122. The minimum absolute atomic E-state index is 0.0465. The van der Waals surface area contributed by atoms with Gasteiger partial charge >= 0.3 is 0 Å². The summed E-state index contributed by atoms with van der Waals surface area (Å²) in [4.78, 5) is 26.7. The summed E-state index contributed by atoms with van der Waals surface area (Å²) in [7, 11) is 0. The Bertz CT molecular complexity index is 831. The normalized spacial score (nSPS) is 17.0. The van der Waals surface area contributed by atoms with Gasteiger partial charge in [0.25, 0.3) is 0 Å². The Kier molecular flexibility index (Phi) is 5.02. The van der Waals surface area contributed by atoms with E-state index in [1.807, 2.05) is 32.0 Å². The van der Waals surface area contributed by atoms with Gasteiger partial charge in [0.15, 0.2) is 0 Å². The summed E-state index contributed by atoms with van der Waals surface area (Å²) >= 11 is 12.1. The number of rotatable bonds is 3. The number of hydrogen-bond acceptors (Lipinski definition) is 2. The van der Waals surface area contributed by atoms with Gasteiger partial charge in [-0.3, -0.25) is 9.59 Å². The molecule has 2 aromatic carbocycles. The first-order valence-corrected chi connectivity index (χ1v) is 8.75. The summed E-state index contributed by atoms with van der Waals surface area (Å²) < 4.78 is 0. The van der Waals surface area contributed by atoms with E-state index in [0.717, 1.165) is 16.8 Å². The van der Waals surface area contributed by atoms with Crippen molar-refractivity contribution in [1.82, 2.24) is 0 Å². The Morgan fingerprint density at radius 1 is 1.12 bits per heavy atom. The van der Waals surface area contributed by atoms with Gasteiger partial charge < -0.3 is 10.2 Å². The lowest BCUT2D eigenvalue weighted by Crippen LogP contribution is -2.29. The first kappa shape index (κ1) is 17.8. The van der Waals surface area contributed by atoms with Gasteiger partial charge in [-0.15, -0.1) is 0 Å². The number of aryl methyl sites for hydroxylation is 2. The fourth-order valence-electron chi connectivity index (χ4n) is 3.17. The maximum atomic E-state index is 12.6. The van der Waals surface area contributed by atoms with Gasteiger partial charge in [-0.2, -0.15) is 0 Å². The minimum atomic E-state index is -0.429. The van der Waals surface area contributed by atoms with Crippen molar-refractivity contribution in [2.75, 3.05) is 16.8 Å². The number of carbonyl (C=O) groups excluding carboxylic acids is 2. The quantitative estimate of drug-likeness (QED) is 0.850. The van der Waals surface area contributed by atoms with Crippen molar-refractivity contribution < 1.29 is 9.59 Å². The van der Waals surface area contributed by atoms with E-state index in [0.29, 0.717) is 22.3 Å². The highest BCUT2D eigenvalue weighted by Gasteiger charge is 2.36. The topological polar surface area (TPSA) is 49.4 Å². The molecule has 2 aromatic rings. The summed E-state index contributed by atoms with van der Waals surface area (Å²) in [5.41, 5.74) is 3.39. The second-order valence-electron chi connectivity index (χ2n) is 6.24. The standard InChI is InChI=1S/C19H18Cl2N2O2/c1-11-5-3-6-12(2)18(11)23-10-13(9-16(23)24)19(25)22-15-8-4-7-14(20)17(15)21/h3-8,13H,9-10H2,1-2H3,(H,22,25)/t13-/m0/s1. The molecule has 1 aliphatic heterocycles. The average Bonchev–Trinajstić information content (AvgIpc) is 2.93. The van der Waals surface area contributed by atoms with Crippen LogP contribution in [-0.2, 0) is 9.59 Å². The molecule has 2 amide bonds. The molecular weight excluding hydrogens is 359 g/mol. The molecule has 4 nitrogen and oxygen atoms in total. The zero-order chi connectivity index (χ0) is 18.1. The number of benzene rings is 2. The van der Waals surface area contributed by atoms with Gasteiger partial charge in [0.05, 0.1) is 21.7 Å².